The van der Waals surface area contributed by atoms with E-state index < -0.39 is 5.97 Å². The number of carbonyl (C=O) groups is 1. The summed E-state index contributed by atoms with van der Waals surface area (Å²) < 4.78 is 2.01. The second-order valence-corrected chi connectivity index (χ2v) is 4.72. The number of rotatable bonds is 4. The number of aliphatic carboxylic acids is 1. The zero-order valence-corrected chi connectivity index (χ0v) is 10.2. The van der Waals surface area contributed by atoms with Crippen molar-refractivity contribution in [1.29, 1.82) is 0 Å². The predicted octanol–water partition coefficient (Wildman–Crippen LogP) is 1.17. The van der Waals surface area contributed by atoms with Crippen LogP contribution in [-0.4, -0.2) is 45.9 Å². The van der Waals surface area contributed by atoms with E-state index in [1.165, 1.54) is 6.42 Å². The number of likely N-dealkylation sites (N-methyl/N-ethyl adjacent to an activating group) is 1. The van der Waals surface area contributed by atoms with Crippen LogP contribution in [0.1, 0.15) is 31.0 Å². The molecular formula is C12H19N3O2. The van der Waals surface area contributed by atoms with Crippen LogP contribution in [0.25, 0.3) is 0 Å². The van der Waals surface area contributed by atoms with Crippen LogP contribution in [0.2, 0.25) is 0 Å². The molecule has 1 aromatic rings. The highest BCUT2D eigenvalue weighted by Gasteiger charge is 2.21. The van der Waals surface area contributed by atoms with Gasteiger partial charge in [0.25, 0.3) is 0 Å². The summed E-state index contributed by atoms with van der Waals surface area (Å²) in [7, 11) is 2.12. The average molecular weight is 237 g/mol. The highest BCUT2D eigenvalue weighted by molar-refractivity contribution is 5.66. The molecule has 94 valence electrons. The third-order valence-corrected chi connectivity index (χ3v) is 3.29. The first-order valence-electron chi connectivity index (χ1n) is 6.09. The van der Waals surface area contributed by atoms with E-state index >= 15 is 0 Å². The van der Waals surface area contributed by atoms with Gasteiger partial charge in [0.15, 0.2) is 0 Å². The fraction of sp³-hybridized carbons (Fsp3) is 0.667. The molecule has 1 aliphatic heterocycles. The maximum absolute atomic E-state index is 10.6. The molecule has 1 N–H and O–H groups in total. The molecule has 0 amide bonds. The average Bonchev–Trinajstić information content (AvgIpc) is 2.74. The van der Waals surface area contributed by atoms with Crippen molar-refractivity contribution in [2.45, 2.75) is 31.7 Å². The number of hydrogen-bond donors (Lipinski definition) is 1. The Labute approximate surface area is 101 Å². The van der Waals surface area contributed by atoms with E-state index in [-0.39, 0.29) is 6.42 Å². The number of hydrogen-bond acceptors (Lipinski definition) is 3. The van der Waals surface area contributed by atoms with Crippen molar-refractivity contribution in [1.82, 2.24) is 14.7 Å². The van der Waals surface area contributed by atoms with Gasteiger partial charge in [-0.1, -0.05) is 0 Å². The SMILES string of the molecule is CN1CCCC(n2nccc2CCC(=O)O)C1. The van der Waals surface area contributed by atoms with Crippen LogP contribution in [0, 0.1) is 0 Å². The second-order valence-electron chi connectivity index (χ2n) is 4.72. The van der Waals surface area contributed by atoms with Gasteiger partial charge in [0.2, 0.25) is 0 Å². The number of aryl methyl sites for hydroxylation is 1. The number of likely N-dealkylation sites (tertiary alicyclic amines) is 1. The Morgan fingerprint density at radius 3 is 3.18 bits per heavy atom. The third kappa shape index (κ3) is 3.06. The van der Waals surface area contributed by atoms with Crippen LogP contribution in [0.4, 0.5) is 0 Å². The third-order valence-electron chi connectivity index (χ3n) is 3.29. The molecule has 0 saturated carbocycles. The lowest BCUT2D eigenvalue weighted by Crippen LogP contribution is -2.34. The van der Waals surface area contributed by atoms with Crippen LogP contribution < -0.4 is 0 Å². The summed E-state index contributed by atoms with van der Waals surface area (Å²) in [6.45, 7) is 2.14. The van der Waals surface area contributed by atoms with Gasteiger partial charge < -0.3 is 10.0 Å². The molecule has 17 heavy (non-hydrogen) atoms. The van der Waals surface area contributed by atoms with Crippen molar-refractivity contribution >= 4 is 5.97 Å². The first kappa shape index (κ1) is 12.1. The Balaban J connectivity index is 2.04. The molecule has 0 spiro atoms. The number of piperidine rings is 1. The van der Waals surface area contributed by atoms with Gasteiger partial charge in [-0.25, -0.2) is 0 Å². The normalized spacial score (nSPS) is 21.6. The minimum atomic E-state index is -0.751. The molecule has 2 heterocycles. The van der Waals surface area contributed by atoms with Gasteiger partial charge in [0, 0.05) is 18.4 Å². The quantitative estimate of drug-likeness (QED) is 0.854. The van der Waals surface area contributed by atoms with Crippen molar-refractivity contribution in [3.05, 3.63) is 18.0 Å². The lowest BCUT2D eigenvalue weighted by Gasteiger charge is -2.30. The minimum absolute atomic E-state index is 0.175. The Bertz CT molecular complexity index is 389. The standard InChI is InChI=1S/C12H19N3O2/c1-14-8-2-3-11(9-14)15-10(6-7-13-15)4-5-12(16)17/h6-7,11H,2-5,8-9H2,1H3,(H,16,17). The summed E-state index contributed by atoms with van der Waals surface area (Å²) in [6.07, 6.45) is 4.82. The molecule has 1 fully saturated rings. The summed E-state index contributed by atoms with van der Waals surface area (Å²) in [4.78, 5) is 12.9. The van der Waals surface area contributed by atoms with Gasteiger partial charge in [-0.2, -0.15) is 5.10 Å². The molecule has 1 aliphatic rings. The summed E-state index contributed by atoms with van der Waals surface area (Å²) in [5.74, 6) is -0.751. The molecule has 0 aliphatic carbocycles. The van der Waals surface area contributed by atoms with E-state index in [1.54, 1.807) is 6.20 Å². The fourth-order valence-electron chi connectivity index (χ4n) is 2.44. The van der Waals surface area contributed by atoms with E-state index in [2.05, 4.69) is 17.0 Å². The van der Waals surface area contributed by atoms with Crippen molar-refractivity contribution in [3.63, 3.8) is 0 Å². The first-order valence-corrected chi connectivity index (χ1v) is 6.09. The molecule has 0 aromatic carbocycles. The number of aromatic nitrogens is 2. The van der Waals surface area contributed by atoms with E-state index in [4.69, 9.17) is 5.11 Å². The Morgan fingerprint density at radius 2 is 2.47 bits per heavy atom. The highest BCUT2D eigenvalue weighted by Crippen LogP contribution is 2.21. The topological polar surface area (TPSA) is 58.4 Å². The van der Waals surface area contributed by atoms with E-state index in [1.807, 2.05) is 10.7 Å². The van der Waals surface area contributed by atoms with Crippen LogP contribution in [0.15, 0.2) is 12.3 Å². The van der Waals surface area contributed by atoms with Gasteiger partial charge in [0.05, 0.1) is 12.5 Å². The summed E-state index contributed by atoms with van der Waals surface area (Å²) in [5, 5.41) is 13.1. The number of carboxylic acids is 1. The van der Waals surface area contributed by atoms with Gasteiger partial charge in [-0.05, 0) is 38.9 Å². The number of carboxylic acid groups (broad SMARTS) is 1. The van der Waals surface area contributed by atoms with Crippen LogP contribution in [0.5, 0.6) is 0 Å². The Kier molecular flexibility index (Phi) is 3.78. The second kappa shape index (κ2) is 5.31. The molecular weight excluding hydrogens is 218 g/mol. The predicted molar refractivity (Wildman–Crippen MR) is 64.0 cm³/mol. The molecule has 0 bridgehead atoms. The van der Waals surface area contributed by atoms with Gasteiger partial charge in [0.1, 0.15) is 0 Å². The number of nitrogens with zero attached hydrogens (tertiary/aromatic N) is 3. The summed E-state index contributed by atoms with van der Waals surface area (Å²) >= 11 is 0. The summed E-state index contributed by atoms with van der Waals surface area (Å²) in [5.41, 5.74) is 1.03. The van der Waals surface area contributed by atoms with Crippen molar-refractivity contribution < 1.29 is 9.90 Å². The maximum Gasteiger partial charge on any atom is 0.303 e. The minimum Gasteiger partial charge on any atom is -0.481 e. The molecule has 5 nitrogen and oxygen atoms in total. The largest absolute Gasteiger partial charge is 0.481 e. The molecule has 0 radical (unpaired) electrons. The molecule has 2 rings (SSSR count). The van der Waals surface area contributed by atoms with Crippen LogP contribution in [-0.2, 0) is 11.2 Å². The van der Waals surface area contributed by atoms with Crippen molar-refractivity contribution in [2.24, 2.45) is 0 Å². The molecule has 1 saturated heterocycles. The first-order chi connectivity index (χ1) is 8.16. The Morgan fingerprint density at radius 1 is 1.65 bits per heavy atom. The lowest BCUT2D eigenvalue weighted by atomic mass is 10.1. The van der Waals surface area contributed by atoms with Gasteiger partial charge in [-0.15, -0.1) is 0 Å². The van der Waals surface area contributed by atoms with Gasteiger partial charge >= 0.3 is 5.97 Å². The zero-order chi connectivity index (χ0) is 12.3. The van der Waals surface area contributed by atoms with Crippen LogP contribution >= 0.6 is 0 Å². The Hall–Kier alpha value is -1.36. The lowest BCUT2D eigenvalue weighted by molar-refractivity contribution is -0.137. The summed E-state index contributed by atoms with van der Waals surface area (Å²) in [6, 6.07) is 2.32. The maximum atomic E-state index is 10.6. The molecule has 1 unspecified atom stereocenters. The van der Waals surface area contributed by atoms with E-state index in [0.29, 0.717) is 12.5 Å². The molecule has 1 atom stereocenters. The smallest absolute Gasteiger partial charge is 0.303 e. The molecule has 1 aromatic heterocycles. The fourth-order valence-corrected chi connectivity index (χ4v) is 2.44. The van der Waals surface area contributed by atoms with Crippen molar-refractivity contribution in [3.8, 4) is 0 Å². The highest BCUT2D eigenvalue weighted by atomic mass is 16.4. The molecule has 5 heteroatoms. The van der Waals surface area contributed by atoms with E-state index in [0.717, 1.165) is 25.2 Å². The van der Waals surface area contributed by atoms with E-state index in [9.17, 15) is 4.79 Å². The zero-order valence-electron chi connectivity index (χ0n) is 10.2. The monoisotopic (exact) mass is 237 g/mol. The van der Waals surface area contributed by atoms with Crippen molar-refractivity contribution in [2.75, 3.05) is 20.1 Å². The van der Waals surface area contributed by atoms with Crippen LogP contribution in [0.3, 0.4) is 0 Å². The van der Waals surface area contributed by atoms with Gasteiger partial charge in [-0.3, -0.25) is 9.48 Å².